The van der Waals surface area contributed by atoms with Gasteiger partial charge in [0.15, 0.2) is 5.78 Å². The molecule has 1 rings (SSSR count). The lowest BCUT2D eigenvalue weighted by molar-refractivity contribution is 0.0208. The third kappa shape index (κ3) is 4.59. The normalized spacial score (nSPS) is 11.0. The molecule has 1 aromatic heterocycles. The van der Waals surface area contributed by atoms with Crippen LogP contribution in [0.1, 0.15) is 24.2 Å². The molecule has 0 spiro atoms. The molecule has 0 saturated heterocycles. The van der Waals surface area contributed by atoms with Crippen LogP contribution in [0.3, 0.4) is 0 Å². The van der Waals surface area contributed by atoms with Crippen molar-refractivity contribution in [3.63, 3.8) is 0 Å². The number of hydrogen-bond acceptors (Lipinski definition) is 3. The van der Waals surface area contributed by atoms with E-state index in [1.807, 2.05) is 31.7 Å². The van der Waals surface area contributed by atoms with Crippen molar-refractivity contribution < 1.29 is 14.3 Å². The van der Waals surface area contributed by atoms with Crippen LogP contribution < -0.4 is 0 Å². The van der Waals surface area contributed by atoms with Gasteiger partial charge in [-0.3, -0.25) is 4.79 Å². The minimum absolute atomic E-state index is 0.00477. The molecule has 1 heterocycles. The van der Waals surface area contributed by atoms with Gasteiger partial charge in [-0.05, 0) is 19.9 Å². The highest BCUT2D eigenvalue weighted by atomic mass is 16.5. The second kappa shape index (κ2) is 6.45. The van der Waals surface area contributed by atoms with E-state index in [1.54, 1.807) is 12.3 Å². The average molecular weight is 225 g/mol. The number of aromatic nitrogens is 1. The summed E-state index contributed by atoms with van der Waals surface area (Å²) in [5.74, 6) is 0.00477. The lowest BCUT2D eigenvalue weighted by Gasteiger charge is -2.07. The number of rotatable bonds is 7. The van der Waals surface area contributed by atoms with E-state index in [-0.39, 0.29) is 18.5 Å². The third-order valence-corrected chi connectivity index (χ3v) is 2.07. The molecule has 0 aliphatic heterocycles. The minimum atomic E-state index is 0.00477. The SMILES string of the molecule is CC(C)OCCOCC(=O)c1ccn(C)c1. The maximum atomic E-state index is 11.6. The summed E-state index contributed by atoms with van der Waals surface area (Å²) in [6.45, 7) is 5.03. The Morgan fingerprint density at radius 1 is 1.44 bits per heavy atom. The number of nitrogens with zero attached hydrogens (tertiary/aromatic N) is 1. The van der Waals surface area contributed by atoms with Gasteiger partial charge in [0.1, 0.15) is 6.61 Å². The van der Waals surface area contributed by atoms with Crippen LogP contribution in [0.2, 0.25) is 0 Å². The summed E-state index contributed by atoms with van der Waals surface area (Å²) in [5, 5.41) is 0. The Labute approximate surface area is 96.2 Å². The van der Waals surface area contributed by atoms with Gasteiger partial charge in [-0.1, -0.05) is 0 Å². The summed E-state index contributed by atoms with van der Waals surface area (Å²) in [6.07, 6.45) is 3.83. The maximum Gasteiger partial charge on any atom is 0.189 e. The number of Topliss-reactive ketones (excluding diaryl/α,β-unsaturated/α-hetero) is 1. The molecule has 0 unspecified atom stereocenters. The van der Waals surface area contributed by atoms with Crippen LogP contribution in [0.5, 0.6) is 0 Å². The molecule has 0 bridgehead atoms. The first-order chi connectivity index (χ1) is 7.59. The number of aryl methyl sites for hydroxylation is 1. The fourth-order valence-electron chi connectivity index (χ4n) is 1.26. The predicted octanol–water partition coefficient (Wildman–Crippen LogP) is 1.65. The Balaban J connectivity index is 2.16. The van der Waals surface area contributed by atoms with Gasteiger partial charge in [0, 0.05) is 25.0 Å². The van der Waals surface area contributed by atoms with Crippen LogP contribution in [0.25, 0.3) is 0 Å². The number of carbonyl (C=O) groups excluding carboxylic acids is 1. The highest BCUT2D eigenvalue weighted by Gasteiger charge is 2.06. The van der Waals surface area contributed by atoms with Crippen LogP contribution in [0.4, 0.5) is 0 Å². The molecule has 0 aliphatic carbocycles. The summed E-state index contributed by atoms with van der Waals surface area (Å²) in [4.78, 5) is 11.6. The first-order valence-corrected chi connectivity index (χ1v) is 5.44. The molecule has 0 atom stereocenters. The molecule has 90 valence electrons. The molecule has 16 heavy (non-hydrogen) atoms. The molecule has 0 N–H and O–H groups in total. The van der Waals surface area contributed by atoms with Gasteiger partial charge in [0.2, 0.25) is 0 Å². The molecule has 4 nitrogen and oxygen atoms in total. The van der Waals surface area contributed by atoms with Crippen molar-refractivity contribution in [3.8, 4) is 0 Å². The van der Waals surface area contributed by atoms with Crippen LogP contribution in [-0.4, -0.2) is 36.3 Å². The fraction of sp³-hybridized carbons (Fsp3) is 0.583. The maximum absolute atomic E-state index is 11.6. The van der Waals surface area contributed by atoms with Crippen molar-refractivity contribution in [2.24, 2.45) is 7.05 Å². The van der Waals surface area contributed by atoms with Crippen LogP contribution >= 0.6 is 0 Å². The van der Waals surface area contributed by atoms with E-state index in [0.717, 1.165) is 0 Å². The molecule has 0 aliphatic rings. The molecule has 0 radical (unpaired) electrons. The zero-order valence-electron chi connectivity index (χ0n) is 10.1. The Hall–Kier alpha value is -1.13. The molecule has 0 aromatic carbocycles. The Bertz CT molecular complexity index is 331. The lowest BCUT2D eigenvalue weighted by atomic mass is 10.2. The second-order valence-corrected chi connectivity index (χ2v) is 3.96. The highest BCUT2D eigenvalue weighted by molar-refractivity contribution is 5.96. The molecule has 0 saturated carbocycles. The summed E-state index contributed by atoms with van der Waals surface area (Å²) < 4.78 is 12.4. The van der Waals surface area contributed by atoms with Crippen LogP contribution in [0.15, 0.2) is 18.5 Å². The molecular formula is C12H19NO3. The first kappa shape index (κ1) is 12.9. The quantitative estimate of drug-likeness (QED) is 0.523. The van der Waals surface area contributed by atoms with E-state index in [1.165, 1.54) is 0 Å². The van der Waals surface area contributed by atoms with Gasteiger partial charge in [0.25, 0.3) is 0 Å². The Morgan fingerprint density at radius 2 is 2.19 bits per heavy atom. The highest BCUT2D eigenvalue weighted by Crippen LogP contribution is 2.01. The van der Waals surface area contributed by atoms with Gasteiger partial charge >= 0.3 is 0 Å². The van der Waals surface area contributed by atoms with Gasteiger partial charge in [-0.15, -0.1) is 0 Å². The lowest BCUT2D eigenvalue weighted by Crippen LogP contribution is -2.14. The van der Waals surface area contributed by atoms with Crippen LogP contribution in [0, 0.1) is 0 Å². The van der Waals surface area contributed by atoms with Crippen molar-refractivity contribution in [1.29, 1.82) is 0 Å². The van der Waals surface area contributed by atoms with Gasteiger partial charge in [-0.25, -0.2) is 0 Å². The fourth-order valence-corrected chi connectivity index (χ4v) is 1.26. The Morgan fingerprint density at radius 3 is 2.75 bits per heavy atom. The standard InChI is InChI=1S/C12H19NO3/c1-10(2)16-7-6-15-9-12(14)11-4-5-13(3)8-11/h4-5,8,10H,6-7,9H2,1-3H3. The number of hydrogen-bond donors (Lipinski definition) is 0. The van der Waals surface area contributed by atoms with Crippen molar-refractivity contribution >= 4 is 5.78 Å². The van der Waals surface area contributed by atoms with Crippen molar-refractivity contribution in [2.75, 3.05) is 19.8 Å². The molecule has 1 aromatic rings. The minimum Gasteiger partial charge on any atom is -0.376 e. The zero-order valence-corrected chi connectivity index (χ0v) is 10.1. The molecular weight excluding hydrogens is 206 g/mol. The second-order valence-electron chi connectivity index (χ2n) is 3.96. The molecule has 0 fully saturated rings. The number of ether oxygens (including phenoxy) is 2. The van der Waals surface area contributed by atoms with Crippen molar-refractivity contribution in [3.05, 3.63) is 24.0 Å². The van der Waals surface area contributed by atoms with E-state index < -0.39 is 0 Å². The zero-order chi connectivity index (χ0) is 12.0. The molecule has 4 heteroatoms. The van der Waals surface area contributed by atoms with E-state index in [2.05, 4.69) is 0 Å². The summed E-state index contributed by atoms with van der Waals surface area (Å²) >= 11 is 0. The van der Waals surface area contributed by atoms with Crippen molar-refractivity contribution in [2.45, 2.75) is 20.0 Å². The van der Waals surface area contributed by atoms with Gasteiger partial charge in [0.05, 0.1) is 19.3 Å². The average Bonchev–Trinajstić information content (AvgIpc) is 2.63. The van der Waals surface area contributed by atoms with Crippen molar-refractivity contribution in [1.82, 2.24) is 4.57 Å². The monoisotopic (exact) mass is 225 g/mol. The van der Waals surface area contributed by atoms with E-state index in [9.17, 15) is 4.79 Å². The smallest absolute Gasteiger partial charge is 0.189 e. The first-order valence-electron chi connectivity index (χ1n) is 5.44. The van der Waals surface area contributed by atoms with E-state index >= 15 is 0 Å². The Kier molecular flexibility index (Phi) is 5.22. The van der Waals surface area contributed by atoms with Crippen LogP contribution in [-0.2, 0) is 16.5 Å². The van der Waals surface area contributed by atoms with E-state index in [4.69, 9.17) is 9.47 Å². The topological polar surface area (TPSA) is 40.5 Å². The molecule has 0 amide bonds. The third-order valence-electron chi connectivity index (χ3n) is 2.07. The number of ketones is 1. The summed E-state index contributed by atoms with van der Waals surface area (Å²) in [5.41, 5.74) is 0.687. The van der Waals surface area contributed by atoms with E-state index in [0.29, 0.717) is 18.8 Å². The predicted molar refractivity (Wildman–Crippen MR) is 61.7 cm³/mol. The number of carbonyl (C=O) groups is 1. The summed E-state index contributed by atoms with van der Waals surface area (Å²) in [7, 11) is 1.88. The summed E-state index contributed by atoms with van der Waals surface area (Å²) in [6, 6.07) is 1.79. The van der Waals surface area contributed by atoms with Gasteiger partial charge in [-0.2, -0.15) is 0 Å². The largest absolute Gasteiger partial charge is 0.376 e. The van der Waals surface area contributed by atoms with Gasteiger partial charge < -0.3 is 14.0 Å².